The number of ketones is 1. The molecular formula is C38H62O5. The highest BCUT2D eigenvalue weighted by Crippen LogP contribution is 2.77. The molecule has 0 bridgehead atoms. The van der Waals surface area contributed by atoms with E-state index in [0.29, 0.717) is 41.8 Å². The smallest absolute Gasteiger partial charge is 0.302 e. The number of allylic oxidation sites excluding steroid dienone is 1. The van der Waals surface area contributed by atoms with Crippen molar-refractivity contribution < 1.29 is 24.5 Å². The van der Waals surface area contributed by atoms with Gasteiger partial charge in [0.1, 0.15) is 11.9 Å². The van der Waals surface area contributed by atoms with Crippen LogP contribution >= 0.6 is 0 Å². The van der Waals surface area contributed by atoms with Crippen molar-refractivity contribution in [3.63, 3.8) is 0 Å². The largest absolute Gasteiger partial charge is 0.462 e. The summed E-state index contributed by atoms with van der Waals surface area (Å²) in [4.78, 5) is 26.5. The van der Waals surface area contributed by atoms with E-state index in [9.17, 15) is 19.8 Å². The monoisotopic (exact) mass is 598 g/mol. The first-order chi connectivity index (χ1) is 20.0. The van der Waals surface area contributed by atoms with E-state index in [1.807, 2.05) is 6.92 Å². The minimum absolute atomic E-state index is 0.0106. The Morgan fingerprint density at radius 2 is 1.51 bits per heavy atom. The van der Waals surface area contributed by atoms with Gasteiger partial charge in [0.05, 0.1) is 13.2 Å². The van der Waals surface area contributed by atoms with Crippen molar-refractivity contribution in [3.8, 4) is 0 Å². The summed E-state index contributed by atoms with van der Waals surface area (Å²) in [5.41, 5.74) is 0.615. The first-order valence-corrected chi connectivity index (χ1v) is 17.6. The summed E-state index contributed by atoms with van der Waals surface area (Å²) in [5, 5.41) is 20.5. The van der Waals surface area contributed by atoms with E-state index in [1.165, 1.54) is 24.8 Å². The number of carbonyl (C=O) groups is 2. The van der Waals surface area contributed by atoms with Crippen molar-refractivity contribution in [2.24, 2.45) is 62.1 Å². The Labute approximate surface area is 262 Å². The highest BCUT2D eigenvalue weighted by atomic mass is 16.5. The third-order valence-corrected chi connectivity index (χ3v) is 15.8. The molecule has 10 atom stereocenters. The zero-order chi connectivity index (χ0) is 31.8. The Hall–Kier alpha value is -1.20. The molecule has 0 aromatic carbocycles. The Bertz CT molecular complexity index is 1110. The molecule has 0 saturated heterocycles. The summed E-state index contributed by atoms with van der Waals surface area (Å²) in [5.74, 6) is 2.40. The number of carbonyl (C=O) groups excluding carboxylic acids is 2. The van der Waals surface area contributed by atoms with Crippen LogP contribution in [0.1, 0.15) is 132 Å². The summed E-state index contributed by atoms with van der Waals surface area (Å²) in [6, 6.07) is 0. The molecule has 5 fully saturated rings. The van der Waals surface area contributed by atoms with Crippen molar-refractivity contribution >= 4 is 11.8 Å². The van der Waals surface area contributed by atoms with Gasteiger partial charge in [0.25, 0.3) is 0 Å². The average Bonchev–Trinajstić information content (AvgIpc) is 3.35. The van der Waals surface area contributed by atoms with Crippen molar-refractivity contribution in [1.82, 2.24) is 0 Å². The van der Waals surface area contributed by atoms with Gasteiger partial charge in [-0.25, -0.2) is 0 Å². The number of aliphatic hydroxyl groups is 2. The van der Waals surface area contributed by atoms with E-state index in [1.54, 1.807) is 6.92 Å². The van der Waals surface area contributed by atoms with E-state index in [0.717, 1.165) is 44.9 Å². The molecule has 43 heavy (non-hydrogen) atoms. The van der Waals surface area contributed by atoms with Gasteiger partial charge in [-0.2, -0.15) is 0 Å². The maximum absolute atomic E-state index is 14.5. The summed E-state index contributed by atoms with van der Waals surface area (Å²) in [6.07, 6.45) is 11.6. The lowest BCUT2D eigenvalue weighted by Gasteiger charge is -2.73. The van der Waals surface area contributed by atoms with Crippen LogP contribution in [0.25, 0.3) is 0 Å². The molecule has 5 heteroatoms. The fraction of sp³-hybridized carbons (Fsp3) is 0.895. The van der Waals surface area contributed by atoms with Gasteiger partial charge in [0.2, 0.25) is 0 Å². The SMILES string of the molecule is C=C(C)[C@@H]1CC[C@]2(C(=O)CC(CC)(CO)CO)CC[C@]3(C)[C@H](CC[C@@H]4[C@@]5(C)CC[C@H](OC(C)=O)C(C)(C)[C@@H]5CC[C@]43C)[C@@H]12. The number of esters is 1. The zero-order valence-electron chi connectivity index (χ0n) is 28.7. The highest BCUT2D eigenvalue weighted by molar-refractivity contribution is 5.86. The van der Waals surface area contributed by atoms with Crippen molar-refractivity contribution in [2.75, 3.05) is 13.2 Å². The van der Waals surface area contributed by atoms with Gasteiger partial charge in [0.15, 0.2) is 0 Å². The molecule has 0 aliphatic heterocycles. The quantitative estimate of drug-likeness (QED) is 0.219. The standard InChI is InChI=1S/C38H62O5/c1-10-37(22-39,23-40)21-30(42)38-18-13-26(24(2)3)32(38)27-11-12-29-34(7)16-15-31(43-25(4)41)33(5,6)28(34)14-17-36(29,9)35(27,8)19-20-38/h26-29,31-32,39-40H,2,10-23H2,1,3-9H3/t26-,27+,28-,29+,31-,32+,34-,35+,36+,38+/m0/s1. The lowest BCUT2D eigenvalue weighted by Crippen LogP contribution is -2.67. The maximum Gasteiger partial charge on any atom is 0.302 e. The molecule has 5 nitrogen and oxygen atoms in total. The van der Waals surface area contributed by atoms with E-state index in [2.05, 4.69) is 48.1 Å². The van der Waals surface area contributed by atoms with Crippen LogP contribution in [-0.2, 0) is 14.3 Å². The van der Waals surface area contributed by atoms with Crippen LogP contribution in [0, 0.1) is 62.1 Å². The minimum atomic E-state index is -0.729. The molecule has 2 N–H and O–H groups in total. The number of fused-ring (bicyclic) bond motifs is 7. The maximum atomic E-state index is 14.5. The number of aliphatic hydroxyl groups excluding tert-OH is 2. The molecule has 5 aliphatic carbocycles. The fourth-order valence-electron chi connectivity index (χ4n) is 13.0. The van der Waals surface area contributed by atoms with Gasteiger partial charge < -0.3 is 14.9 Å². The molecule has 5 saturated carbocycles. The average molecular weight is 599 g/mol. The number of rotatable bonds is 8. The van der Waals surface area contributed by atoms with Gasteiger partial charge in [-0.05, 0) is 123 Å². The Morgan fingerprint density at radius 3 is 2.09 bits per heavy atom. The topological polar surface area (TPSA) is 83.8 Å². The van der Waals surface area contributed by atoms with Crippen LogP contribution in [0.5, 0.6) is 0 Å². The minimum Gasteiger partial charge on any atom is -0.462 e. The predicted molar refractivity (Wildman–Crippen MR) is 171 cm³/mol. The van der Waals surface area contributed by atoms with Crippen LogP contribution in [0.2, 0.25) is 0 Å². The molecule has 5 aliphatic rings. The van der Waals surface area contributed by atoms with Crippen LogP contribution < -0.4 is 0 Å². The third-order valence-electron chi connectivity index (χ3n) is 15.8. The highest BCUT2D eigenvalue weighted by Gasteiger charge is 2.72. The molecule has 5 rings (SSSR count). The van der Waals surface area contributed by atoms with Crippen LogP contribution in [-0.4, -0.2) is 41.3 Å². The summed E-state index contributed by atoms with van der Waals surface area (Å²) in [6.45, 7) is 22.4. The summed E-state index contributed by atoms with van der Waals surface area (Å²) < 4.78 is 5.93. The molecule has 0 heterocycles. The fourth-order valence-corrected chi connectivity index (χ4v) is 13.0. The van der Waals surface area contributed by atoms with Gasteiger partial charge in [-0.15, -0.1) is 0 Å². The normalized spacial score (nSPS) is 45.3. The van der Waals surface area contributed by atoms with Gasteiger partial charge in [-0.3, -0.25) is 9.59 Å². The summed E-state index contributed by atoms with van der Waals surface area (Å²) in [7, 11) is 0. The van der Waals surface area contributed by atoms with Crippen LogP contribution in [0.4, 0.5) is 0 Å². The van der Waals surface area contributed by atoms with E-state index in [-0.39, 0.29) is 58.8 Å². The van der Waals surface area contributed by atoms with Gasteiger partial charge in [-0.1, -0.05) is 53.7 Å². The molecule has 0 unspecified atom stereocenters. The Morgan fingerprint density at radius 1 is 0.837 bits per heavy atom. The van der Waals surface area contributed by atoms with Crippen molar-refractivity contribution in [1.29, 1.82) is 0 Å². The zero-order valence-corrected chi connectivity index (χ0v) is 28.7. The van der Waals surface area contributed by atoms with Crippen LogP contribution in [0.3, 0.4) is 0 Å². The van der Waals surface area contributed by atoms with E-state index < -0.39 is 5.41 Å². The third kappa shape index (κ3) is 4.58. The predicted octanol–water partition coefficient (Wildman–Crippen LogP) is 7.92. The van der Waals surface area contributed by atoms with Crippen molar-refractivity contribution in [3.05, 3.63) is 12.2 Å². The molecular weight excluding hydrogens is 536 g/mol. The Kier molecular flexibility index (Phi) is 8.45. The van der Waals surface area contributed by atoms with E-state index >= 15 is 0 Å². The first kappa shape index (κ1) is 33.2. The van der Waals surface area contributed by atoms with Gasteiger partial charge in [0, 0.05) is 29.6 Å². The number of Topliss-reactive ketones (excluding diaryl/α,β-unsaturated/α-hetero) is 1. The second-order valence-electron chi connectivity index (χ2n) is 17.6. The van der Waals surface area contributed by atoms with Gasteiger partial charge >= 0.3 is 5.97 Å². The second-order valence-corrected chi connectivity index (χ2v) is 17.6. The molecule has 0 aromatic rings. The lowest BCUT2D eigenvalue weighted by atomic mass is 9.32. The molecule has 0 aromatic heterocycles. The second kappa shape index (κ2) is 11.0. The van der Waals surface area contributed by atoms with E-state index in [4.69, 9.17) is 4.74 Å². The lowest BCUT2D eigenvalue weighted by molar-refractivity contribution is -0.248. The van der Waals surface area contributed by atoms with Crippen LogP contribution in [0.15, 0.2) is 12.2 Å². The number of hydrogen-bond donors (Lipinski definition) is 2. The Balaban J connectivity index is 1.51. The summed E-state index contributed by atoms with van der Waals surface area (Å²) >= 11 is 0. The number of hydrogen-bond acceptors (Lipinski definition) is 5. The molecule has 0 spiro atoms. The number of ether oxygens (including phenoxy) is 1. The molecule has 0 amide bonds. The van der Waals surface area contributed by atoms with Crippen molar-refractivity contribution in [2.45, 2.75) is 139 Å². The first-order valence-electron chi connectivity index (χ1n) is 17.6. The molecule has 244 valence electrons. The molecule has 0 radical (unpaired) electrons.